The van der Waals surface area contributed by atoms with Crippen LogP contribution in [0.4, 0.5) is 8.78 Å². The van der Waals surface area contributed by atoms with E-state index in [4.69, 9.17) is 4.74 Å². The first-order chi connectivity index (χ1) is 15.1. The van der Waals surface area contributed by atoms with Crippen molar-refractivity contribution in [3.05, 3.63) is 59.2 Å². The predicted molar refractivity (Wildman–Crippen MR) is 112 cm³/mol. The summed E-state index contributed by atoms with van der Waals surface area (Å²) in [5.74, 6) is -2.86. The number of amides is 2. The number of methoxy groups -OCH3 is 1. The summed E-state index contributed by atoms with van der Waals surface area (Å²) in [5.41, 5.74) is 0.198. The van der Waals surface area contributed by atoms with E-state index in [0.717, 1.165) is 16.4 Å². The molecule has 0 atom stereocenters. The van der Waals surface area contributed by atoms with Crippen molar-refractivity contribution < 1.29 is 31.5 Å². The van der Waals surface area contributed by atoms with Crippen molar-refractivity contribution in [3.8, 4) is 5.75 Å². The highest BCUT2D eigenvalue weighted by molar-refractivity contribution is 7.89. The van der Waals surface area contributed by atoms with E-state index < -0.39 is 27.6 Å². The summed E-state index contributed by atoms with van der Waals surface area (Å²) in [4.78, 5) is 28.3. The van der Waals surface area contributed by atoms with Crippen LogP contribution < -0.4 is 4.74 Å². The standard InChI is InChI=1S/C21H23F2N3O5S/c1-24(2)32(29,30)19-13-15(5-7-18(19)31-3)21(28)26-10-8-25(9-11-26)20(27)14-4-6-16(22)17(23)12-14/h4-7,12-13H,8-11H2,1-3H3. The van der Waals surface area contributed by atoms with Gasteiger partial charge in [-0.1, -0.05) is 0 Å². The maximum atomic E-state index is 13.4. The van der Waals surface area contributed by atoms with E-state index in [1.54, 1.807) is 0 Å². The Kier molecular flexibility index (Phi) is 6.79. The molecule has 172 valence electrons. The Morgan fingerprint density at radius 1 is 0.875 bits per heavy atom. The average molecular weight is 467 g/mol. The summed E-state index contributed by atoms with van der Waals surface area (Å²) in [7, 11) is 0.269. The first kappa shape index (κ1) is 23.6. The van der Waals surface area contributed by atoms with Gasteiger partial charge in [0.25, 0.3) is 11.8 Å². The number of ether oxygens (including phenoxy) is 1. The third kappa shape index (κ3) is 4.58. The summed E-state index contributed by atoms with van der Waals surface area (Å²) < 4.78 is 57.9. The molecule has 0 spiro atoms. The van der Waals surface area contributed by atoms with Gasteiger partial charge >= 0.3 is 0 Å². The number of piperazine rings is 1. The molecule has 3 rings (SSSR count). The van der Waals surface area contributed by atoms with Gasteiger partial charge in [0.2, 0.25) is 10.0 Å². The number of halogens is 2. The molecule has 8 nitrogen and oxygen atoms in total. The molecule has 32 heavy (non-hydrogen) atoms. The fourth-order valence-electron chi connectivity index (χ4n) is 3.31. The molecule has 1 fully saturated rings. The molecule has 11 heteroatoms. The van der Waals surface area contributed by atoms with E-state index in [-0.39, 0.29) is 53.9 Å². The number of carbonyl (C=O) groups is 2. The molecule has 2 amide bonds. The van der Waals surface area contributed by atoms with Gasteiger partial charge in [0.05, 0.1) is 7.11 Å². The minimum absolute atomic E-state index is 0.0253. The average Bonchev–Trinajstić information content (AvgIpc) is 2.79. The van der Waals surface area contributed by atoms with Crippen molar-refractivity contribution in [1.82, 2.24) is 14.1 Å². The van der Waals surface area contributed by atoms with Crippen LogP contribution >= 0.6 is 0 Å². The highest BCUT2D eigenvalue weighted by Gasteiger charge is 2.28. The Labute approximate surface area is 185 Å². The molecule has 1 aliphatic heterocycles. The van der Waals surface area contributed by atoms with Crippen molar-refractivity contribution in [2.45, 2.75) is 4.90 Å². The first-order valence-corrected chi connectivity index (χ1v) is 11.1. The summed E-state index contributed by atoms with van der Waals surface area (Å²) in [6, 6.07) is 7.13. The van der Waals surface area contributed by atoms with Gasteiger partial charge in [-0.2, -0.15) is 0 Å². The second-order valence-corrected chi connectivity index (χ2v) is 9.49. The highest BCUT2D eigenvalue weighted by atomic mass is 32.2. The van der Waals surface area contributed by atoms with Gasteiger partial charge in [-0.05, 0) is 36.4 Å². The fourth-order valence-corrected chi connectivity index (χ4v) is 4.39. The highest BCUT2D eigenvalue weighted by Crippen LogP contribution is 2.27. The maximum absolute atomic E-state index is 13.4. The molecule has 2 aromatic rings. The number of sulfonamides is 1. The van der Waals surface area contributed by atoms with E-state index in [1.165, 1.54) is 55.3 Å². The van der Waals surface area contributed by atoms with Crippen LogP contribution in [0.15, 0.2) is 41.3 Å². The van der Waals surface area contributed by atoms with Crippen molar-refractivity contribution in [2.24, 2.45) is 0 Å². The van der Waals surface area contributed by atoms with Gasteiger partial charge in [0.15, 0.2) is 11.6 Å². The Bertz CT molecular complexity index is 1150. The number of nitrogens with zero attached hydrogens (tertiary/aromatic N) is 3. The van der Waals surface area contributed by atoms with E-state index >= 15 is 0 Å². The van der Waals surface area contributed by atoms with Crippen LogP contribution in [0, 0.1) is 11.6 Å². The molecule has 0 N–H and O–H groups in total. The van der Waals surface area contributed by atoms with Gasteiger partial charge in [0.1, 0.15) is 10.6 Å². The molecule has 0 unspecified atom stereocenters. The van der Waals surface area contributed by atoms with Crippen molar-refractivity contribution in [3.63, 3.8) is 0 Å². The number of rotatable bonds is 5. The van der Waals surface area contributed by atoms with Crippen LogP contribution in [-0.4, -0.2) is 81.7 Å². The van der Waals surface area contributed by atoms with E-state index in [9.17, 15) is 26.8 Å². The number of hydrogen-bond acceptors (Lipinski definition) is 5. The predicted octanol–water partition coefficient (Wildman–Crippen LogP) is 1.82. The Morgan fingerprint density at radius 2 is 1.38 bits per heavy atom. The molecule has 0 aromatic heterocycles. The summed E-state index contributed by atoms with van der Waals surface area (Å²) >= 11 is 0. The van der Waals surface area contributed by atoms with Crippen LogP contribution in [0.3, 0.4) is 0 Å². The molecule has 0 radical (unpaired) electrons. The SMILES string of the molecule is COc1ccc(C(=O)N2CCN(C(=O)c3ccc(F)c(F)c3)CC2)cc1S(=O)(=O)N(C)C. The van der Waals surface area contributed by atoms with Crippen LogP contribution in [0.5, 0.6) is 5.75 Å². The third-order valence-electron chi connectivity index (χ3n) is 5.19. The van der Waals surface area contributed by atoms with Crippen LogP contribution in [-0.2, 0) is 10.0 Å². The number of carbonyl (C=O) groups excluding carboxylic acids is 2. The Hall–Kier alpha value is -3.05. The van der Waals surface area contributed by atoms with E-state index in [0.29, 0.717) is 0 Å². The van der Waals surface area contributed by atoms with Gasteiger partial charge in [-0.15, -0.1) is 0 Å². The smallest absolute Gasteiger partial charge is 0.254 e. The van der Waals surface area contributed by atoms with Crippen molar-refractivity contribution in [2.75, 3.05) is 47.4 Å². The van der Waals surface area contributed by atoms with Crippen LogP contribution in [0.2, 0.25) is 0 Å². The fraction of sp³-hybridized carbons (Fsp3) is 0.333. The monoisotopic (exact) mass is 467 g/mol. The zero-order valence-electron chi connectivity index (χ0n) is 17.8. The normalized spacial score (nSPS) is 14.6. The van der Waals surface area contributed by atoms with E-state index in [2.05, 4.69) is 0 Å². The second kappa shape index (κ2) is 9.21. The molecular formula is C21H23F2N3O5S. The number of hydrogen-bond donors (Lipinski definition) is 0. The minimum atomic E-state index is -3.84. The minimum Gasteiger partial charge on any atom is -0.495 e. The summed E-state index contributed by atoms with van der Waals surface area (Å²) in [6.45, 7) is 0.803. The van der Waals surface area contributed by atoms with Gasteiger partial charge in [-0.25, -0.2) is 21.5 Å². The number of benzene rings is 2. The van der Waals surface area contributed by atoms with Crippen LogP contribution in [0.25, 0.3) is 0 Å². The summed E-state index contributed by atoms with van der Waals surface area (Å²) in [5, 5.41) is 0. The lowest BCUT2D eigenvalue weighted by Crippen LogP contribution is -2.50. The second-order valence-electron chi connectivity index (χ2n) is 7.37. The molecule has 0 aliphatic carbocycles. The zero-order chi connectivity index (χ0) is 23.6. The molecule has 2 aromatic carbocycles. The molecule has 1 saturated heterocycles. The maximum Gasteiger partial charge on any atom is 0.254 e. The lowest BCUT2D eigenvalue weighted by Gasteiger charge is -2.35. The molecule has 1 heterocycles. The Morgan fingerprint density at radius 3 is 1.84 bits per heavy atom. The lowest BCUT2D eigenvalue weighted by molar-refractivity contribution is 0.0535. The summed E-state index contributed by atoms with van der Waals surface area (Å²) in [6.07, 6.45) is 0. The molecule has 0 bridgehead atoms. The van der Waals surface area contributed by atoms with E-state index in [1.807, 2.05) is 0 Å². The Balaban J connectivity index is 1.74. The van der Waals surface area contributed by atoms with Gasteiger partial charge < -0.3 is 14.5 Å². The lowest BCUT2D eigenvalue weighted by atomic mass is 10.1. The molecular weight excluding hydrogens is 444 g/mol. The van der Waals surface area contributed by atoms with Gasteiger partial charge in [0, 0.05) is 51.4 Å². The largest absolute Gasteiger partial charge is 0.495 e. The topological polar surface area (TPSA) is 87.2 Å². The third-order valence-corrected chi connectivity index (χ3v) is 7.03. The van der Waals surface area contributed by atoms with Crippen molar-refractivity contribution >= 4 is 21.8 Å². The van der Waals surface area contributed by atoms with Crippen molar-refractivity contribution in [1.29, 1.82) is 0 Å². The quantitative estimate of drug-likeness (QED) is 0.670. The zero-order valence-corrected chi connectivity index (χ0v) is 18.7. The molecule has 1 aliphatic rings. The van der Waals surface area contributed by atoms with Crippen LogP contribution in [0.1, 0.15) is 20.7 Å². The van der Waals surface area contributed by atoms with Gasteiger partial charge in [-0.3, -0.25) is 9.59 Å². The molecule has 0 saturated carbocycles. The first-order valence-electron chi connectivity index (χ1n) is 9.70.